The second-order valence-electron chi connectivity index (χ2n) is 9.30. The van der Waals surface area contributed by atoms with E-state index in [4.69, 9.17) is 0 Å². The van der Waals surface area contributed by atoms with Crippen molar-refractivity contribution in [3.8, 4) is 11.1 Å². The maximum Gasteiger partial charge on any atom is 0.225 e. The fourth-order valence-electron chi connectivity index (χ4n) is 5.73. The average Bonchev–Trinajstić information content (AvgIpc) is 3.49. The first-order valence-corrected chi connectivity index (χ1v) is 11.4. The van der Waals surface area contributed by atoms with Crippen LogP contribution in [0.1, 0.15) is 51.0 Å². The van der Waals surface area contributed by atoms with Gasteiger partial charge in [-0.3, -0.25) is 9.89 Å². The monoisotopic (exact) mass is 392 g/mol. The number of aromatic nitrogens is 2. The zero-order valence-electron chi connectivity index (χ0n) is 17.4. The van der Waals surface area contributed by atoms with E-state index in [1.54, 1.807) is 0 Å². The smallest absolute Gasteiger partial charge is 0.225 e. The van der Waals surface area contributed by atoms with E-state index in [2.05, 4.69) is 45.1 Å². The number of nitrogens with zero attached hydrogens (tertiary/aromatic N) is 3. The summed E-state index contributed by atoms with van der Waals surface area (Å²) in [7, 11) is 0. The van der Waals surface area contributed by atoms with Crippen LogP contribution < -0.4 is 4.90 Å². The fraction of sp³-hybridized carbons (Fsp3) is 0.583. The highest BCUT2D eigenvalue weighted by Crippen LogP contribution is 2.35. The first-order chi connectivity index (χ1) is 14.2. The Bertz CT molecular complexity index is 856. The van der Waals surface area contributed by atoms with Gasteiger partial charge in [0, 0.05) is 49.0 Å². The van der Waals surface area contributed by atoms with E-state index in [0.717, 1.165) is 50.9 Å². The summed E-state index contributed by atoms with van der Waals surface area (Å²) in [6.45, 7) is 5.34. The molecule has 2 aromatic rings. The summed E-state index contributed by atoms with van der Waals surface area (Å²) in [5.41, 5.74) is 5.19. The molecule has 29 heavy (non-hydrogen) atoms. The number of hydrogen-bond donors (Lipinski definition) is 1. The molecule has 1 saturated carbocycles. The lowest BCUT2D eigenvalue weighted by Crippen LogP contribution is -2.39. The van der Waals surface area contributed by atoms with Crippen molar-refractivity contribution in [3.63, 3.8) is 0 Å². The zero-order chi connectivity index (χ0) is 19.8. The molecular formula is C24H32N4O. The van der Waals surface area contributed by atoms with Crippen LogP contribution in [0.2, 0.25) is 0 Å². The molecule has 2 fully saturated rings. The second kappa shape index (κ2) is 7.85. The fourth-order valence-corrected chi connectivity index (χ4v) is 5.73. The number of likely N-dealkylation sites (tertiary alicyclic amines) is 1. The number of aromatic amines is 1. The summed E-state index contributed by atoms with van der Waals surface area (Å²) >= 11 is 0. The van der Waals surface area contributed by atoms with Gasteiger partial charge in [-0.15, -0.1) is 0 Å². The Morgan fingerprint density at radius 3 is 2.86 bits per heavy atom. The first kappa shape index (κ1) is 18.7. The van der Waals surface area contributed by atoms with Crippen LogP contribution in [-0.4, -0.2) is 46.7 Å². The van der Waals surface area contributed by atoms with Crippen molar-refractivity contribution in [2.75, 3.05) is 24.5 Å². The molecule has 1 N–H and O–H groups in total. The van der Waals surface area contributed by atoms with Crippen molar-refractivity contribution in [1.82, 2.24) is 15.1 Å². The Morgan fingerprint density at radius 2 is 2.07 bits per heavy atom. The standard InChI is InChI=1S/C24H32N4O/c1-17-11-18(16-28(17)24(29)19-5-3-2-4-6-19)15-27-10-9-21-12-20(7-8-23(21)27)22-13-25-26-14-22/h7-8,12-14,17-19H,2-6,9-11,15-16H2,1H3,(H,25,26). The summed E-state index contributed by atoms with van der Waals surface area (Å²) < 4.78 is 0. The third-order valence-electron chi connectivity index (χ3n) is 7.28. The number of benzene rings is 1. The van der Waals surface area contributed by atoms with Crippen molar-refractivity contribution in [2.24, 2.45) is 11.8 Å². The van der Waals surface area contributed by atoms with Gasteiger partial charge in [0.2, 0.25) is 5.91 Å². The number of carbonyl (C=O) groups is 1. The van der Waals surface area contributed by atoms with Crippen molar-refractivity contribution in [3.05, 3.63) is 36.2 Å². The highest BCUT2D eigenvalue weighted by Gasteiger charge is 2.37. The van der Waals surface area contributed by atoms with Gasteiger partial charge in [0.05, 0.1) is 6.20 Å². The molecule has 3 aliphatic rings. The van der Waals surface area contributed by atoms with Crippen molar-refractivity contribution in [2.45, 2.75) is 57.9 Å². The summed E-state index contributed by atoms with van der Waals surface area (Å²) in [6.07, 6.45) is 12.0. The summed E-state index contributed by atoms with van der Waals surface area (Å²) in [6, 6.07) is 7.18. The minimum Gasteiger partial charge on any atom is -0.371 e. The van der Waals surface area contributed by atoms with Gasteiger partial charge in [-0.25, -0.2) is 0 Å². The molecule has 1 aromatic carbocycles. The number of hydrogen-bond acceptors (Lipinski definition) is 3. The molecule has 1 aliphatic carbocycles. The van der Waals surface area contributed by atoms with Crippen LogP contribution in [0.3, 0.4) is 0 Å². The topological polar surface area (TPSA) is 52.2 Å². The number of anilines is 1. The predicted octanol–water partition coefficient (Wildman–Crippen LogP) is 4.26. The summed E-state index contributed by atoms with van der Waals surface area (Å²) in [5.74, 6) is 1.31. The average molecular weight is 393 g/mol. The van der Waals surface area contributed by atoms with Crippen LogP contribution in [0.15, 0.2) is 30.6 Å². The molecule has 154 valence electrons. The molecule has 5 nitrogen and oxygen atoms in total. The van der Waals surface area contributed by atoms with Gasteiger partial charge < -0.3 is 9.80 Å². The zero-order valence-corrected chi connectivity index (χ0v) is 17.4. The molecule has 1 saturated heterocycles. The minimum absolute atomic E-state index is 0.291. The minimum atomic E-state index is 0.291. The Hall–Kier alpha value is -2.30. The van der Waals surface area contributed by atoms with Crippen LogP contribution in [-0.2, 0) is 11.2 Å². The first-order valence-electron chi connectivity index (χ1n) is 11.4. The normalized spacial score (nSPS) is 24.9. The number of rotatable bonds is 4. The maximum atomic E-state index is 13.0. The lowest BCUT2D eigenvalue weighted by atomic mass is 9.88. The van der Waals surface area contributed by atoms with E-state index in [1.165, 1.54) is 36.1 Å². The molecule has 0 radical (unpaired) electrons. The lowest BCUT2D eigenvalue weighted by molar-refractivity contribution is -0.137. The molecule has 2 atom stereocenters. The molecule has 2 aliphatic heterocycles. The van der Waals surface area contributed by atoms with Crippen molar-refractivity contribution < 1.29 is 4.79 Å². The third kappa shape index (κ3) is 3.67. The van der Waals surface area contributed by atoms with Crippen molar-refractivity contribution >= 4 is 11.6 Å². The largest absolute Gasteiger partial charge is 0.371 e. The molecule has 2 unspecified atom stereocenters. The SMILES string of the molecule is CC1CC(CN2CCc3cc(-c4cn[nH]c4)ccc32)CN1C(=O)C1CCCCC1. The number of fused-ring (bicyclic) bond motifs is 1. The molecule has 0 bridgehead atoms. The maximum absolute atomic E-state index is 13.0. The lowest BCUT2D eigenvalue weighted by Gasteiger charge is -2.29. The molecular weight excluding hydrogens is 360 g/mol. The van der Waals surface area contributed by atoms with E-state index in [9.17, 15) is 4.79 Å². The highest BCUT2D eigenvalue weighted by atomic mass is 16.2. The van der Waals surface area contributed by atoms with Gasteiger partial charge in [0.25, 0.3) is 0 Å². The Balaban J connectivity index is 1.24. The van der Waals surface area contributed by atoms with Crippen LogP contribution in [0.25, 0.3) is 11.1 Å². The third-order valence-corrected chi connectivity index (χ3v) is 7.28. The Morgan fingerprint density at radius 1 is 1.21 bits per heavy atom. The van der Waals surface area contributed by atoms with Gasteiger partial charge >= 0.3 is 0 Å². The van der Waals surface area contributed by atoms with E-state index in [-0.39, 0.29) is 0 Å². The van der Waals surface area contributed by atoms with Gasteiger partial charge in [0.1, 0.15) is 0 Å². The number of amides is 1. The quantitative estimate of drug-likeness (QED) is 0.846. The van der Waals surface area contributed by atoms with E-state index >= 15 is 0 Å². The molecule has 5 heteroatoms. The predicted molar refractivity (Wildman–Crippen MR) is 116 cm³/mol. The second-order valence-corrected chi connectivity index (χ2v) is 9.30. The molecule has 1 amide bonds. The van der Waals surface area contributed by atoms with Gasteiger partial charge in [-0.05, 0) is 61.8 Å². The summed E-state index contributed by atoms with van der Waals surface area (Å²) in [4.78, 5) is 17.8. The van der Waals surface area contributed by atoms with Crippen LogP contribution in [0, 0.1) is 11.8 Å². The van der Waals surface area contributed by atoms with Crippen molar-refractivity contribution in [1.29, 1.82) is 0 Å². The number of nitrogens with one attached hydrogen (secondary N) is 1. The molecule has 3 heterocycles. The highest BCUT2D eigenvalue weighted by molar-refractivity contribution is 5.79. The van der Waals surface area contributed by atoms with Gasteiger partial charge in [-0.2, -0.15) is 5.10 Å². The molecule has 1 aromatic heterocycles. The molecule has 5 rings (SSSR count). The van der Waals surface area contributed by atoms with Crippen LogP contribution in [0.5, 0.6) is 0 Å². The number of H-pyrrole nitrogens is 1. The number of carbonyl (C=O) groups excluding carboxylic acids is 1. The van der Waals surface area contributed by atoms with Gasteiger partial charge in [0.15, 0.2) is 0 Å². The van der Waals surface area contributed by atoms with Crippen LogP contribution in [0.4, 0.5) is 5.69 Å². The molecule has 0 spiro atoms. The summed E-state index contributed by atoms with van der Waals surface area (Å²) in [5, 5.41) is 6.97. The van der Waals surface area contributed by atoms with Gasteiger partial charge in [-0.1, -0.05) is 25.3 Å². The van der Waals surface area contributed by atoms with Crippen LogP contribution >= 0.6 is 0 Å². The Labute approximate surface area is 173 Å². The van der Waals surface area contributed by atoms with E-state index in [0.29, 0.717) is 23.8 Å². The van der Waals surface area contributed by atoms with E-state index in [1.807, 2.05) is 12.4 Å². The Kier molecular flexibility index (Phi) is 5.06. The van der Waals surface area contributed by atoms with E-state index < -0.39 is 0 Å².